The third-order valence-corrected chi connectivity index (χ3v) is 7.47. The van der Waals surface area contributed by atoms with Gasteiger partial charge >= 0.3 is 0 Å². The highest BCUT2D eigenvalue weighted by Crippen LogP contribution is 2.31. The number of benzene rings is 2. The Morgan fingerprint density at radius 1 is 0.971 bits per heavy atom. The Kier molecular flexibility index (Phi) is 4.89. The fourth-order valence-corrected chi connectivity index (χ4v) is 5.46. The van der Waals surface area contributed by atoms with Crippen molar-refractivity contribution in [1.82, 2.24) is 28.7 Å². The molecule has 0 fully saturated rings. The summed E-state index contributed by atoms with van der Waals surface area (Å²) < 4.78 is 5.01. The molecule has 35 heavy (non-hydrogen) atoms. The molecule has 2 aromatic carbocycles. The second-order valence-electron chi connectivity index (χ2n) is 8.62. The smallest absolute Gasteiger partial charge is 0.263 e. The van der Waals surface area contributed by atoms with Crippen molar-refractivity contribution in [3.63, 3.8) is 0 Å². The van der Waals surface area contributed by atoms with Crippen LogP contribution in [0.5, 0.6) is 0 Å². The zero-order valence-electron chi connectivity index (χ0n) is 19.5. The minimum atomic E-state index is -0.130. The average Bonchev–Trinajstić information content (AvgIpc) is 3.48. The molecule has 6 rings (SSSR count). The molecular formula is C26H22N6O2S. The van der Waals surface area contributed by atoms with Gasteiger partial charge in [-0.3, -0.25) is 23.1 Å². The normalized spacial score (nSPS) is 11.7. The molecule has 0 radical (unpaired) electrons. The van der Waals surface area contributed by atoms with Crippen LogP contribution in [0.2, 0.25) is 0 Å². The van der Waals surface area contributed by atoms with Crippen LogP contribution < -0.4 is 11.1 Å². The van der Waals surface area contributed by atoms with Gasteiger partial charge in [-0.15, -0.1) is 21.5 Å². The summed E-state index contributed by atoms with van der Waals surface area (Å²) in [5.74, 6) is 1.02. The van der Waals surface area contributed by atoms with E-state index in [9.17, 15) is 9.59 Å². The lowest BCUT2D eigenvalue weighted by molar-refractivity contribution is 0.697. The number of nitrogens with zero attached hydrogens (tertiary/aromatic N) is 6. The highest BCUT2D eigenvalue weighted by molar-refractivity contribution is 7.17. The molecule has 0 bridgehead atoms. The monoisotopic (exact) mass is 482 g/mol. The van der Waals surface area contributed by atoms with E-state index in [0.717, 1.165) is 11.1 Å². The van der Waals surface area contributed by atoms with E-state index in [1.54, 1.807) is 21.5 Å². The second-order valence-corrected chi connectivity index (χ2v) is 9.48. The SMILES string of the molecule is CCn1c(=O)c2ccccc2n2c(Cn3cnc4scc(-c5ccc(C)c(C)c5)c4c3=O)nnc12. The fraction of sp³-hybridized carbons (Fsp3) is 0.192. The molecule has 0 atom stereocenters. The van der Waals surface area contributed by atoms with Crippen LogP contribution in [0.1, 0.15) is 23.9 Å². The molecule has 0 spiro atoms. The molecule has 6 aromatic rings. The Bertz CT molecular complexity index is 1890. The quantitative estimate of drug-likeness (QED) is 0.376. The Morgan fingerprint density at radius 3 is 2.60 bits per heavy atom. The van der Waals surface area contributed by atoms with Crippen LogP contribution >= 0.6 is 11.3 Å². The van der Waals surface area contributed by atoms with E-state index in [0.29, 0.717) is 39.3 Å². The zero-order valence-corrected chi connectivity index (χ0v) is 20.3. The van der Waals surface area contributed by atoms with E-state index in [1.165, 1.54) is 22.5 Å². The Hall–Kier alpha value is -4.11. The predicted molar refractivity (Wildman–Crippen MR) is 138 cm³/mol. The lowest BCUT2D eigenvalue weighted by Gasteiger charge is -2.10. The fourth-order valence-electron chi connectivity index (χ4n) is 4.56. The summed E-state index contributed by atoms with van der Waals surface area (Å²) in [6.07, 6.45) is 1.56. The van der Waals surface area contributed by atoms with Crippen molar-refractivity contribution in [3.8, 4) is 11.1 Å². The standard InChI is InChI=1S/C26H22N6O2S/c1-4-31-24(33)18-7-5-6-8-20(18)32-21(28-29-26(31)32)12-30-14-27-23-22(25(30)34)19(13-35-23)17-10-9-15(2)16(3)11-17/h5-11,13-14H,4,12H2,1-3H3. The van der Waals surface area contributed by atoms with Gasteiger partial charge in [0.25, 0.3) is 11.1 Å². The third kappa shape index (κ3) is 3.23. The van der Waals surface area contributed by atoms with E-state index >= 15 is 0 Å². The Balaban J connectivity index is 1.54. The summed E-state index contributed by atoms with van der Waals surface area (Å²) in [4.78, 5) is 31.9. The number of thiophene rings is 1. The molecule has 0 aliphatic carbocycles. The van der Waals surface area contributed by atoms with Crippen molar-refractivity contribution < 1.29 is 0 Å². The molecule has 0 saturated heterocycles. The molecule has 0 amide bonds. The number of aromatic nitrogens is 6. The number of hydrogen-bond donors (Lipinski definition) is 0. The molecule has 0 saturated carbocycles. The van der Waals surface area contributed by atoms with Gasteiger partial charge in [0.2, 0.25) is 5.78 Å². The van der Waals surface area contributed by atoms with Crippen LogP contribution in [-0.2, 0) is 13.1 Å². The lowest BCUT2D eigenvalue weighted by Crippen LogP contribution is -2.24. The van der Waals surface area contributed by atoms with E-state index in [1.807, 2.05) is 41.0 Å². The van der Waals surface area contributed by atoms with E-state index in [2.05, 4.69) is 41.2 Å². The molecule has 0 aliphatic rings. The van der Waals surface area contributed by atoms with Gasteiger partial charge in [-0.1, -0.05) is 30.3 Å². The van der Waals surface area contributed by atoms with Crippen LogP contribution in [-0.4, -0.2) is 28.7 Å². The number of fused-ring (bicyclic) bond motifs is 4. The van der Waals surface area contributed by atoms with Crippen molar-refractivity contribution in [1.29, 1.82) is 0 Å². The highest BCUT2D eigenvalue weighted by atomic mass is 32.1. The van der Waals surface area contributed by atoms with Gasteiger partial charge in [-0.25, -0.2) is 4.98 Å². The Labute approximate surface area is 203 Å². The zero-order chi connectivity index (χ0) is 24.3. The van der Waals surface area contributed by atoms with E-state index in [-0.39, 0.29) is 17.7 Å². The Morgan fingerprint density at radius 2 is 1.80 bits per heavy atom. The van der Waals surface area contributed by atoms with Crippen molar-refractivity contribution in [2.75, 3.05) is 0 Å². The van der Waals surface area contributed by atoms with Gasteiger partial charge in [-0.05, 0) is 49.6 Å². The first-order chi connectivity index (χ1) is 17.0. The minimum Gasteiger partial charge on any atom is -0.291 e. The maximum atomic E-state index is 13.7. The first-order valence-electron chi connectivity index (χ1n) is 11.4. The summed E-state index contributed by atoms with van der Waals surface area (Å²) in [6.45, 7) is 6.69. The van der Waals surface area contributed by atoms with Crippen LogP contribution in [0, 0.1) is 13.8 Å². The maximum Gasteiger partial charge on any atom is 0.263 e. The summed E-state index contributed by atoms with van der Waals surface area (Å²) in [5, 5.41) is 11.9. The van der Waals surface area contributed by atoms with Crippen LogP contribution in [0.15, 0.2) is 63.8 Å². The summed E-state index contributed by atoms with van der Waals surface area (Å²) in [5.41, 5.74) is 4.75. The van der Waals surface area contributed by atoms with Gasteiger partial charge in [0.15, 0.2) is 5.82 Å². The second kappa shape index (κ2) is 7.99. The molecule has 0 N–H and O–H groups in total. The molecule has 9 heteroatoms. The molecular weight excluding hydrogens is 460 g/mol. The largest absolute Gasteiger partial charge is 0.291 e. The number of para-hydroxylation sites is 1. The topological polar surface area (TPSA) is 87.1 Å². The van der Waals surface area contributed by atoms with Crippen LogP contribution in [0.3, 0.4) is 0 Å². The molecule has 0 unspecified atom stereocenters. The predicted octanol–water partition coefficient (Wildman–Crippen LogP) is 4.17. The molecule has 4 heterocycles. The molecule has 174 valence electrons. The van der Waals surface area contributed by atoms with Gasteiger partial charge in [0, 0.05) is 17.5 Å². The maximum absolute atomic E-state index is 13.7. The summed E-state index contributed by atoms with van der Waals surface area (Å²) in [6, 6.07) is 13.6. The van der Waals surface area contributed by atoms with E-state index < -0.39 is 0 Å². The molecule has 8 nitrogen and oxygen atoms in total. The highest BCUT2D eigenvalue weighted by Gasteiger charge is 2.18. The first-order valence-corrected chi connectivity index (χ1v) is 12.3. The molecule has 0 aliphatic heterocycles. The first kappa shape index (κ1) is 21.4. The molecule has 4 aromatic heterocycles. The van der Waals surface area contributed by atoms with Gasteiger partial charge < -0.3 is 0 Å². The number of rotatable bonds is 4. The summed E-state index contributed by atoms with van der Waals surface area (Å²) in [7, 11) is 0. The van der Waals surface area contributed by atoms with Crippen molar-refractivity contribution in [2.45, 2.75) is 33.9 Å². The number of aryl methyl sites for hydroxylation is 3. The van der Waals surface area contributed by atoms with Crippen molar-refractivity contribution >= 4 is 38.2 Å². The third-order valence-electron chi connectivity index (χ3n) is 6.58. The van der Waals surface area contributed by atoms with Crippen molar-refractivity contribution in [3.05, 3.63) is 91.8 Å². The van der Waals surface area contributed by atoms with Gasteiger partial charge in [-0.2, -0.15) is 0 Å². The van der Waals surface area contributed by atoms with Crippen LogP contribution in [0.4, 0.5) is 0 Å². The average molecular weight is 483 g/mol. The minimum absolute atomic E-state index is 0.105. The van der Waals surface area contributed by atoms with Gasteiger partial charge in [0.1, 0.15) is 4.83 Å². The van der Waals surface area contributed by atoms with Crippen LogP contribution in [0.25, 0.3) is 38.0 Å². The summed E-state index contributed by atoms with van der Waals surface area (Å²) >= 11 is 1.46. The van der Waals surface area contributed by atoms with Gasteiger partial charge in [0.05, 0.1) is 29.2 Å². The van der Waals surface area contributed by atoms with Crippen molar-refractivity contribution in [2.24, 2.45) is 0 Å². The lowest BCUT2D eigenvalue weighted by atomic mass is 10.0. The number of hydrogen-bond acceptors (Lipinski definition) is 6. The van der Waals surface area contributed by atoms with E-state index in [4.69, 9.17) is 0 Å².